The highest BCUT2D eigenvalue weighted by Gasteiger charge is 2.17. The molecule has 2 N–H and O–H groups in total. The van der Waals surface area contributed by atoms with Crippen LogP contribution in [-0.2, 0) is 6.42 Å². The Balaban J connectivity index is 1.81. The minimum atomic E-state index is -0.172. The molecule has 1 aromatic heterocycles. The quantitative estimate of drug-likeness (QED) is 0.781. The summed E-state index contributed by atoms with van der Waals surface area (Å²) in [5.74, 6) is 0.988. The molecular formula is C18H16N2O. The molecule has 3 aromatic rings. The molecule has 21 heavy (non-hydrogen) atoms. The van der Waals surface area contributed by atoms with Crippen LogP contribution in [0.3, 0.4) is 0 Å². The number of rotatable bonds is 2. The van der Waals surface area contributed by atoms with E-state index < -0.39 is 0 Å². The van der Waals surface area contributed by atoms with Gasteiger partial charge in [0.15, 0.2) is 0 Å². The predicted molar refractivity (Wildman–Crippen MR) is 83.4 cm³/mol. The average molecular weight is 276 g/mol. The largest absolute Gasteiger partial charge is 0.493 e. The van der Waals surface area contributed by atoms with Crippen LogP contribution in [0.5, 0.6) is 5.75 Å². The molecule has 0 radical (unpaired) electrons. The minimum absolute atomic E-state index is 0.172. The Morgan fingerprint density at radius 2 is 2.00 bits per heavy atom. The van der Waals surface area contributed by atoms with E-state index in [0.29, 0.717) is 0 Å². The first-order valence-electron chi connectivity index (χ1n) is 7.18. The summed E-state index contributed by atoms with van der Waals surface area (Å²) in [7, 11) is 0. The van der Waals surface area contributed by atoms with Crippen LogP contribution in [0.2, 0.25) is 0 Å². The summed E-state index contributed by atoms with van der Waals surface area (Å²) in [5, 5.41) is 1.12. The van der Waals surface area contributed by atoms with Crippen molar-refractivity contribution in [1.82, 2.24) is 4.98 Å². The highest BCUT2D eigenvalue weighted by atomic mass is 16.5. The Kier molecular flexibility index (Phi) is 2.86. The van der Waals surface area contributed by atoms with Crippen LogP contribution in [0.15, 0.2) is 54.7 Å². The van der Waals surface area contributed by atoms with Crippen LogP contribution in [0.25, 0.3) is 10.9 Å². The molecule has 3 heteroatoms. The first-order valence-corrected chi connectivity index (χ1v) is 7.18. The van der Waals surface area contributed by atoms with E-state index in [0.717, 1.165) is 40.8 Å². The van der Waals surface area contributed by atoms with Crippen molar-refractivity contribution in [2.24, 2.45) is 5.73 Å². The second kappa shape index (κ2) is 4.86. The second-order valence-electron chi connectivity index (χ2n) is 5.37. The summed E-state index contributed by atoms with van der Waals surface area (Å²) in [6.45, 7) is 0.768. The van der Waals surface area contributed by atoms with E-state index in [9.17, 15) is 0 Å². The van der Waals surface area contributed by atoms with E-state index in [1.54, 1.807) is 0 Å². The van der Waals surface area contributed by atoms with Crippen molar-refractivity contribution in [2.45, 2.75) is 12.5 Å². The molecule has 0 amide bonds. The lowest BCUT2D eigenvalue weighted by Crippen LogP contribution is -2.12. The number of hydrogen-bond acceptors (Lipinski definition) is 3. The van der Waals surface area contributed by atoms with Crippen molar-refractivity contribution in [3.05, 3.63) is 71.4 Å². The lowest BCUT2D eigenvalue weighted by molar-refractivity contribution is 0.357. The SMILES string of the molecule is NC(c1ccc2c(c1)CCO2)c1cccc2cccnc12. The van der Waals surface area contributed by atoms with Gasteiger partial charge in [-0.3, -0.25) is 4.98 Å². The maximum Gasteiger partial charge on any atom is 0.122 e. The maximum absolute atomic E-state index is 6.50. The van der Waals surface area contributed by atoms with Gasteiger partial charge in [-0.15, -0.1) is 0 Å². The number of nitrogens with zero attached hydrogens (tertiary/aromatic N) is 1. The lowest BCUT2D eigenvalue weighted by atomic mass is 9.95. The standard InChI is InChI=1S/C18H16N2O/c19-17(14-6-7-16-13(11-14)8-10-21-16)15-5-1-3-12-4-2-9-20-18(12)15/h1-7,9,11,17H,8,10,19H2. The Bertz CT molecular complexity index is 808. The van der Waals surface area contributed by atoms with Gasteiger partial charge in [-0.1, -0.05) is 36.4 Å². The molecule has 2 aromatic carbocycles. The van der Waals surface area contributed by atoms with Gasteiger partial charge >= 0.3 is 0 Å². The Morgan fingerprint density at radius 1 is 1.10 bits per heavy atom. The predicted octanol–water partition coefficient (Wildman–Crippen LogP) is 3.22. The Morgan fingerprint density at radius 3 is 2.95 bits per heavy atom. The Hall–Kier alpha value is -2.39. The molecule has 4 rings (SSSR count). The monoisotopic (exact) mass is 276 g/mol. The van der Waals surface area contributed by atoms with Crippen molar-refractivity contribution < 1.29 is 4.74 Å². The van der Waals surface area contributed by atoms with Gasteiger partial charge in [0.25, 0.3) is 0 Å². The van der Waals surface area contributed by atoms with E-state index in [4.69, 9.17) is 10.5 Å². The maximum atomic E-state index is 6.50. The van der Waals surface area contributed by atoms with Crippen molar-refractivity contribution in [3.8, 4) is 5.75 Å². The van der Waals surface area contributed by atoms with Crippen LogP contribution >= 0.6 is 0 Å². The summed E-state index contributed by atoms with van der Waals surface area (Å²) < 4.78 is 5.56. The van der Waals surface area contributed by atoms with Crippen molar-refractivity contribution >= 4 is 10.9 Å². The molecule has 104 valence electrons. The zero-order valence-corrected chi connectivity index (χ0v) is 11.6. The third-order valence-corrected chi connectivity index (χ3v) is 4.07. The molecule has 0 saturated heterocycles. The number of nitrogens with two attached hydrogens (primary N) is 1. The molecule has 1 atom stereocenters. The van der Waals surface area contributed by atoms with Crippen LogP contribution < -0.4 is 10.5 Å². The molecule has 0 fully saturated rings. The van der Waals surface area contributed by atoms with E-state index in [-0.39, 0.29) is 6.04 Å². The normalized spacial score (nSPS) is 14.7. The van der Waals surface area contributed by atoms with Crippen LogP contribution in [0.4, 0.5) is 0 Å². The molecule has 1 unspecified atom stereocenters. The topological polar surface area (TPSA) is 48.1 Å². The van der Waals surface area contributed by atoms with Gasteiger partial charge in [0.05, 0.1) is 18.2 Å². The first kappa shape index (κ1) is 12.4. The molecule has 0 bridgehead atoms. The number of pyridine rings is 1. The van der Waals surface area contributed by atoms with E-state index in [2.05, 4.69) is 35.3 Å². The number of para-hydroxylation sites is 1. The van der Waals surface area contributed by atoms with E-state index >= 15 is 0 Å². The molecule has 2 heterocycles. The zero-order valence-electron chi connectivity index (χ0n) is 11.6. The third-order valence-electron chi connectivity index (χ3n) is 4.07. The number of fused-ring (bicyclic) bond motifs is 2. The Labute approximate surface area is 123 Å². The molecule has 1 aliphatic heterocycles. The van der Waals surface area contributed by atoms with Gasteiger partial charge in [0.2, 0.25) is 0 Å². The summed E-state index contributed by atoms with van der Waals surface area (Å²) >= 11 is 0. The fraction of sp³-hybridized carbons (Fsp3) is 0.167. The van der Waals surface area contributed by atoms with Crippen LogP contribution in [0, 0.1) is 0 Å². The second-order valence-corrected chi connectivity index (χ2v) is 5.37. The van der Waals surface area contributed by atoms with Gasteiger partial charge in [0, 0.05) is 18.0 Å². The number of aromatic nitrogens is 1. The highest BCUT2D eigenvalue weighted by molar-refractivity contribution is 5.82. The average Bonchev–Trinajstić information content (AvgIpc) is 3.01. The molecular weight excluding hydrogens is 260 g/mol. The third kappa shape index (κ3) is 2.06. The molecule has 0 aliphatic carbocycles. The van der Waals surface area contributed by atoms with Crippen LogP contribution in [0.1, 0.15) is 22.7 Å². The summed E-state index contributed by atoms with van der Waals surface area (Å²) in [6, 6.07) is 16.2. The van der Waals surface area contributed by atoms with Crippen molar-refractivity contribution in [3.63, 3.8) is 0 Å². The zero-order chi connectivity index (χ0) is 14.2. The number of hydrogen-bond donors (Lipinski definition) is 1. The number of ether oxygens (including phenoxy) is 1. The summed E-state index contributed by atoms with van der Waals surface area (Å²) in [4.78, 5) is 4.50. The van der Waals surface area contributed by atoms with Crippen molar-refractivity contribution in [2.75, 3.05) is 6.61 Å². The number of benzene rings is 2. The van der Waals surface area contributed by atoms with Gasteiger partial charge in [-0.05, 0) is 28.8 Å². The van der Waals surface area contributed by atoms with Gasteiger partial charge < -0.3 is 10.5 Å². The fourth-order valence-corrected chi connectivity index (χ4v) is 2.96. The summed E-state index contributed by atoms with van der Waals surface area (Å²) in [5.41, 5.74) is 10.9. The molecule has 0 spiro atoms. The molecule has 1 aliphatic rings. The minimum Gasteiger partial charge on any atom is -0.493 e. The van der Waals surface area contributed by atoms with E-state index in [1.165, 1.54) is 5.56 Å². The van der Waals surface area contributed by atoms with Gasteiger partial charge in [-0.2, -0.15) is 0 Å². The first-order chi connectivity index (χ1) is 10.3. The van der Waals surface area contributed by atoms with E-state index in [1.807, 2.05) is 24.4 Å². The van der Waals surface area contributed by atoms with Crippen molar-refractivity contribution in [1.29, 1.82) is 0 Å². The molecule has 3 nitrogen and oxygen atoms in total. The van der Waals surface area contributed by atoms with Gasteiger partial charge in [-0.25, -0.2) is 0 Å². The fourth-order valence-electron chi connectivity index (χ4n) is 2.96. The highest BCUT2D eigenvalue weighted by Crippen LogP contribution is 2.31. The smallest absolute Gasteiger partial charge is 0.122 e. The van der Waals surface area contributed by atoms with Gasteiger partial charge in [0.1, 0.15) is 5.75 Å². The molecule has 0 saturated carbocycles. The lowest BCUT2D eigenvalue weighted by Gasteiger charge is -2.15. The van der Waals surface area contributed by atoms with Crippen LogP contribution in [-0.4, -0.2) is 11.6 Å². The summed E-state index contributed by atoms with van der Waals surface area (Å²) in [6.07, 6.45) is 2.78.